The number of nitrogens with zero attached hydrogens (tertiary/aromatic N) is 2. The van der Waals surface area contributed by atoms with Crippen LogP contribution in [0.4, 0.5) is 10.1 Å². The van der Waals surface area contributed by atoms with Gasteiger partial charge in [-0.2, -0.15) is 0 Å². The van der Waals surface area contributed by atoms with Gasteiger partial charge in [0.05, 0.1) is 27.6 Å². The van der Waals surface area contributed by atoms with Crippen LogP contribution in [-0.4, -0.2) is 47.0 Å². The topological polar surface area (TPSA) is 103 Å². The molecule has 0 aliphatic rings. The fourth-order valence-corrected chi connectivity index (χ4v) is 3.54. The van der Waals surface area contributed by atoms with Gasteiger partial charge < -0.3 is 25.9 Å². The number of hydrogen-bond donors (Lipinski definition) is 4. The SMILES string of the molecule is CNCCN(C)Cc1ccc2nc(-c3c(N)c4c(F)cccc4[nH]c3=O)[nH]c2c1. The lowest BCUT2D eigenvalue weighted by Gasteiger charge is -2.16. The standard InChI is InChI=1S/C21H23FN6O/c1-24-8-9-28(2)11-12-6-7-14-16(10-12)26-20(25-14)18-19(23)17-13(22)4-3-5-15(17)27-21(18)29/h3-7,10,24H,8-9,11H2,1-2H3,(H,25,26)(H3,23,27,29). The Morgan fingerprint density at radius 1 is 1.21 bits per heavy atom. The zero-order valence-corrected chi connectivity index (χ0v) is 16.3. The molecule has 2 heterocycles. The molecule has 0 fully saturated rings. The van der Waals surface area contributed by atoms with Gasteiger partial charge in [0.25, 0.3) is 5.56 Å². The van der Waals surface area contributed by atoms with Crippen LogP contribution < -0.4 is 16.6 Å². The predicted octanol–water partition coefficient (Wildman–Crippen LogP) is 2.44. The van der Waals surface area contributed by atoms with Gasteiger partial charge in [0.2, 0.25) is 0 Å². The van der Waals surface area contributed by atoms with Gasteiger partial charge in [-0.15, -0.1) is 0 Å². The van der Waals surface area contributed by atoms with Crippen molar-refractivity contribution in [3.8, 4) is 11.4 Å². The lowest BCUT2D eigenvalue weighted by Crippen LogP contribution is -2.26. The maximum absolute atomic E-state index is 14.3. The van der Waals surface area contributed by atoms with E-state index < -0.39 is 11.4 Å². The summed E-state index contributed by atoms with van der Waals surface area (Å²) in [7, 11) is 3.99. The van der Waals surface area contributed by atoms with E-state index in [1.54, 1.807) is 6.07 Å². The fourth-order valence-electron chi connectivity index (χ4n) is 3.54. The molecule has 2 aromatic heterocycles. The smallest absolute Gasteiger partial charge is 0.261 e. The molecule has 0 aliphatic heterocycles. The van der Waals surface area contributed by atoms with Crippen LogP contribution in [0.5, 0.6) is 0 Å². The average molecular weight is 394 g/mol. The highest BCUT2D eigenvalue weighted by atomic mass is 19.1. The quantitative estimate of drug-likeness (QED) is 0.402. The van der Waals surface area contributed by atoms with Crippen molar-refractivity contribution in [3.05, 3.63) is 58.1 Å². The number of nitrogen functional groups attached to an aromatic ring is 1. The molecule has 2 aromatic carbocycles. The van der Waals surface area contributed by atoms with Crippen LogP contribution in [0, 0.1) is 5.82 Å². The molecule has 4 aromatic rings. The zero-order chi connectivity index (χ0) is 20.5. The second-order valence-electron chi connectivity index (χ2n) is 7.18. The van der Waals surface area contributed by atoms with Gasteiger partial charge in [0.1, 0.15) is 17.2 Å². The number of hydrogen-bond acceptors (Lipinski definition) is 5. The van der Waals surface area contributed by atoms with Crippen LogP contribution in [0.3, 0.4) is 0 Å². The third kappa shape index (κ3) is 3.59. The summed E-state index contributed by atoms with van der Waals surface area (Å²) in [6.45, 7) is 2.63. The minimum atomic E-state index is -0.486. The van der Waals surface area contributed by atoms with Crippen molar-refractivity contribution in [1.29, 1.82) is 0 Å². The second kappa shape index (κ2) is 7.65. The molecule has 0 saturated carbocycles. The molecule has 150 valence electrons. The van der Waals surface area contributed by atoms with Crippen LogP contribution in [0.25, 0.3) is 33.3 Å². The number of aromatic nitrogens is 3. The number of imidazole rings is 1. The van der Waals surface area contributed by atoms with E-state index in [0.717, 1.165) is 30.7 Å². The monoisotopic (exact) mass is 394 g/mol. The lowest BCUT2D eigenvalue weighted by atomic mass is 10.1. The summed E-state index contributed by atoms with van der Waals surface area (Å²) < 4.78 is 14.3. The normalized spacial score (nSPS) is 11.7. The van der Waals surface area contributed by atoms with Gasteiger partial charge >= 0.3 is 0 Å². The highest BCUT2D eigenvalue weighted by molar-refractivity contribution is 5.98. The Labute approximate surface area is 166 Å². The molecule has 5 N–H and O–H groups in total. The first kappa shape index (κ1) is 19.1. The van der Waals surface area contributed by atoms with Gasteiger partial charge in [-0.25, -0.2) is 9.37 Å². The summed E-state index contributed by atoms with van der Waals surface area (Å²) in [5, 5.41) is 3.32. The van der Waals surface area contributed by atoms with Crippen molar-refractivity contribution in [2.45, 2.75) is 6.54 Å². The van der Waals surface area contributed by atoms with E-state index in [4.69, 9.17) is 5.73 Å². The summed E-state index contributed by atoms with van der Waals surface area (Å²) in [5.74, 6) is -0.162. The molecule has 0 spiro atoms. The van der Waals surface area contributed by atoms with E-state index in [9.17, 15) is 9.18 Å². The third-order valence-electron chi connectivity index (χ3n) is 5.01. The van der Waals surface area contributed by atoms with Crippen molar-refractivity contribution in [2.75, 3.05) is 32.9 Å². The van der Waals surface area contributed by atoms with Crippen LogP contribution in [0.1, 0.15) is 5.56 Å². The molecule has 8 heteroatoms. The molecule has 0 aliphatic carbocycles. The number of benzene rings is 2. The van der Waals surface area contributed by atoms with Gasteiger partial charge in [-0.3, -0.25) is 4.79 Å². The van der Waals surface area contributed by atoms with E-state index in [1.165, 1.54) is 12.1 Å². The molecule has 7 nitrogen and oxygen atoms in total. The molecule has 29 heavy (non-hydrogen) atoms. The Hall–Kier alpha value is -3.23. The van der Waals surface area contributed by atoms with Crippen molar-refractivity contribution in [2.24, 2.45) is 0 Å². The summed E-state index contributed by atoms with van der Waals surface area (Å²) in [5.41, 5.74) is 8.99. The molecular formula is C21H23FN6O. The first-order valence-electron chi connectivity index (χ1n) is 9.40. The maximum Gasteiger partial charge on any atom is 0.261 e. The van der Waals surface area contributed by atoms with Gasteiger partial charge in [0, 0.05) is 19.6 Å². The second-order valence-corrected chi connectivity index (χ2v) is 7.18. The van der Waals surface area contributed by atoms with E-state index in [2.05, 4.69) is 32.2 Å². The number of anilines is 1. The van der Waals surface area contributed by atoms with E-state index in [1.807, 2.05) is 25.2 Å². The number of likely N-dealkylation sites (N-methyl/N-ethyl adjacent to an activating group) is 2. The number of nitrogens with two attached hydrogens (primary N) is 1. The fraction of sp³-hybridized carbons (Fsp3) is 0.238. The van der Waals surface area contributed by atoms with Crippen molar-refractivity contribution in [1.82, 2.24) is 25.2 Å². The number of fused-ring (bicyclic) bond motifs is 2. The number of halogens is 1. The molecular weight excluding hydrogens is 371 g/mol. The van der Waals surface area contributed by atoms with Crippen LogP contribution in [0.2, 0.25) is 0 Å². The van der Waals surface area contributed by atoms with E-state index in [0.29, 0.717) is 16.9 Å². The molecule has 0 radical (unpaired) electrons. The zero-order valence-electron chi connectivity index (χ0n) is 16.3. The van der Waals surface area contributed by atoms with Gasteiger partial charge in [-0.1, -0.05) is 12.1 Å². The van der Waals surface area contributed by atoms with Crippen LogP contribution >= 0.6 is 0 Å². The summed E-state index contributed by atoms with van der Waals surface area (Å²) >= 11 is 0. The number of rotatable bonds is 6. The third-order valence-corrected chi connectivity index (χ3v) is 5.01. The molecule has 0 bridgehead atoms. The predicted molar refractivity (Wildman–Crippen MR) is 114 cm³/mol. The summed E-state index contributed by atoms with van der Waals surface area (Å²) in [4.78, 5) is 25.2. The summed E-state index contributed by atoms with van der Waals surface area (Å²) in [6, 6.07) is 10.4. The van der Waals surface area contributed by atoms with E-state index in [-0.39, 0.29) is 16.6 Å². The average Bonchev–Trinajstić information content (AvgIpc) is 3.08. The van der Waals surface area contributed by atoms with Crippen molar-refractivity contribution < 1.29 is 4.39 Å². The van der Waals surface area contributed by atoms with Crippen molar-refractivity contribution in [3.63, 3.8) is 0 Å². The number of nitrogens with one attached hydrogen (secondary N) is 3. The number of aromatic amines is 2. The Morgan fingerprint density at radius 3 is 2.83 bits per heavy atom. The maximum atomic E-state index is 14.3. The highest BCUT2D eigenvalue weighted by Gasteiger charge is 2.18. The van der Waals surface area contributed by atoms with Crippen molar-refractivity contribution >= 4 is 27.6 Å². The Morgan fingerprint density at radius 2 is 2.03 bits per heavy atom. The van der Waals surface area contributed by atoms with E-state index >= 15 is 0 Å². The van der Waals surface area contributed by atoms with Gasteiger partial charge in [0.15, 0.2) is 0 Å². The van der Waals surface area contributed by atoms with Crippen LogP contribution in [-0.2, 0) is 6.54 Å². The highest BCUT2D eigenvalue weighted by Crippen LogP contribution is 2.30. The first-order chi connectivity index (χ1) is 14.0. The molecule has 0 unspecified atom stereocenters. The minimum absolute atomic E-state index is 0.0768. The Bertz CT molecular complexity index is 1250. The summed E-state index contributed by atoms with van der Waals surface area (Å²) in [6.07, 6.45) is 0. The first-order valence-corrected chi connectivity index (χ1v) is 9.40. The Balaban J connectivity index is 1.75. The number of H-pyrrole nitrogens is 2. The minimum Gasteiger partial charge on any atom is -0.397 e. The Kier molecular flexibility index (Phi) is 5.04. The molecule has 0 saturated heterocycles. The van der Waals surface area contributed by atoms with Gasteiger partial charge in [-0.05, 0) is 43.9 Å². The lowest BCUT2D eigenvalue weighted by molar-refractivity contribution is 0.328. The molecule has 0 atom stereocenters. The van der Waals surface area contributed by atoms with Crippen LogP contribution in [0.15, 0.2) is 41.2 Å². The number of pyridine rings is 1. The largest absolute Gasteiger partial charge is 0.397 e. The molecule has 0 amide bonds. The molecule has 4 rings (SSSR count).